The molecule has 132 valence electrons. The first kappa shape index (κ1) is 18.4. The maximum atomic E-state index is 4.54. The minimum Gasteiger partial charge on any atom is -0.356 e. The van der Waals surface area contributed by atoms with Gasteiger partial charge in [-0.3, -0.25) is 9.67 Å². The quantitative estimate of drug-likeness (QED) is 0.622. The third kappa shape index (κ3) is 5.06. The number of aromatic nitrogens is 3. The summed E-state index contributed by atoms with van der Waals surface area (Å²) < 4.78 is 2.07. The lowest BCUT2D eigenvalue weighted by molar-refractivity contribution is 0.436. The smallest absolute Gasteiger partial charge is 0.191 e. The second kappa shape index (κ2) is 8.28. The third-order valence-corrected chi connectivity index (χ3v) is 4.98. The Kier molecular flexibility index (Phi) is 6.36. The summed E-state index contributed by atoms with van der Waals surface area (Å²) in [6, 6.07) is 2.11. The Morgan fingerprint density at radius 2 is 2.04 bits per heavy atom. The van der Waals surface area contributed by atoms with Crippen LogP contribution < -0.4 is 10.6 Å². The zero-order chi connectivity index (χ0) is 17.7. The van der Waals surface area contributed by atoms with Gasteiger partial charge >= 0.3 is 0 Å². The number of thiazole rings is 1. The third-order valence-electron chi connectivity index (χ3n) is 3.91. The lowest BCUT2D eigenvalue weighted by Gasteiger charge is -2.16. The van der Waals surface area contributed by atoms with E-state index in [-0.39, 0.29) is 0 Å². The standard InChI is InChI=1S/C17H28N6S/c1-11(10-23-13(3)7-12(2)22-23)8-19-17(18-6)20-9-16-21-14(4)15(5)24-16/h7,11H,8-10H2,1-6H3,(H2,18,19,20). The van der Waals surface area contributed by atoms with Crippen LogP contribution in [0.25, 0.3) is 0 Å². The summed E-state index contributed by atoms with van der Waals surface area (Å²) in [6.45, 7) is 12.9. The molecule has 0 bridgehead atoms. The van der Waals surface area contributed by atoms with Gasteiger partial charge < -0.3 is 10.6 Å². The number of nitrogens with one attached hydrogen (secondary N) is 2. The number of aryl methyl sites for hydroxylation is 4. The predicted molar refractivity (Wildman–Crippen MR) is 101 cm³/mol. The maximum Gasteiger partial charge on any atom is 0.191 e. The molecule has 0 fully saturated rings. The van der Waals surface area contributed by atoms with E-state index in [9.17, 15) is 0 Å². The first-order valence-corrected chi connectivity index (χ1v) is 9.09. The molecule has 1 unspecified atom stereocenters. The van der Waals surface area contributed by atoms with Crippen molar-refractivity contribution in [2.24, 2.45) is 10.9 Å². The van der Waals surface area contributed by atoms with Crippen LogP contribution in [0.4, 0.5) is 0 Å². The number of nitrogens with zero attached hydrogens (tertiary/aromatic N) is 4. The first-order chi connectivity index (χ1) is 11.4. The number of rotatable bonds is 6. The Morgan fingerprint density at radius 1 is 1.29 bits per heavy atom. The predicted octanol–water partition coefficient (Wildman–Crippen LogP) is 2.57. The number of hydrogen-bond donors (Lipinski definition) is 2. The molecule has 0 saturated heterocycles. The van der Waals surface area contributed by atoms with Gasteiger partial charge in [-0.25, -0.2) is 4.98 Å². The normalized spacial score (nSPS) is 13.2. The van der Waals surface area contributed by atoms with Crippen molar-refractivity contribution in [3.63, 3.8) is 0 Å². The molecule has 6 nitrogen and oxygen atoms in total. The highest BCUT2D eigenvalue weighted by Gasteiger charge is 2.09. The highest BCUT2D eigenvalue weighted by Crippen LogP contribution is 2.15. The summed E-state index contributed by atoms with van der Waals surface area (Å²) >= 11 is 1.73. The molecule has 2 N–H and O–H groups in total. The van der Waals surface area contributed by atoms with E-state index in [1.165, 1.54) is 10.6 Å². The van der Waals surface area contributed by atoms with E-state index in [4.69, 9.17) is 0 Å². The largest absolute Gasteiger partial charge is 0.356 e. The fourth-order valence-electron chi connectivity index (χ4n) is 2.49. The highest BCUT2D eigenvalue weighted by molar-refractivity contribution is 7.11. The van der Waals surface area contributed by atoms with Gasteiger partial charge in [-0.15, -0.1) is 11.3 Å². The second-order valence-electron chi connectivity index (χ2n) is 6.27. The first-order valence-electron chi connectivity index (χ1n) is 8.27. The molecular formula is C17H28N6S. The van der Waals surface area contributed by atoms with E-state index in [0.29, 0.717) is 12.5 Å². The van der Waals surface area contributed by atoms with Crippen molar-refractivity contribution >= 4 is 17.3 Å². The molecule has 2 aromatic heterocycles. The topological polar surface area (TPSA) is 67.1 Å². The van der Waals surface area contributed by atoms with Gasteiger partial charge in [0.15, 0.2) is 5.96 Å². The average Bonchev–Trinajstić information content (AvgIpc) is 3.01. The molecule has 0 aromatic carbocycles. The van der Waals surface area contributed by atoms with Crippen molar-refractivity contribution in [1.29, 1.82) is 0 Å². The van der Waals surface area contributed by atoms with E-state index in [1.807, 2.05) is 13.8 Å². The Balaban J connectivity index is 1.79. The van der Waals surface area contributed by atoms with Gasteiger partial charge in [-0.2, -0.15) is 5.10 Å². The maximum absolute atomic E-state index is 4.54. The van der Waals surface area contributed by atoms with E-state index < -0.39 is 0 Å². The van der Waals surface area contributed by atoms with E-state index in [2.05, 4.69) is 57.2 Å². The molecule has 0 saturated carbocycles. The lowest BCUT2D eigenvalue weighted by Crippen LogP contribution is -2.39. The summed E-state index contributed by atoms with van der Waals surface area (Å²) in [5, 5.41) is 12.3. The fraction of sp³-hybridized carbons (Fsp3) is 0.588. The molecule has 24 heavy (non-hydrogen) atoms. The molecule has 0 amide bonds. The van der Waals surface area contributed by atoms with Gasteiger partial charge in [0.25, 0.3) is 0 Å². The van der Waals surface area contributed by atoms with Gasteiger partial charge in [-0.05, 0) is 39.7 Å². The zero-order valence-electron chi connectivity index (χ0n) is 15.5. The second-order valence-corrected chi connectivity index (χ2v) is 7.56. The lowest BCUT2D eigenvalue weighted by atomic mass is 10.2. The Hall–Kier alpha value is -1.89. The summed E-state index contributed by atoms with van der Waals surface area (Å²) in [4.78, 5) is 10.1. The Bertz CT molecular complexity index is 680. The monoisotopic (exact) mass is 348 g/mol. The summed E-state index contributed by atoms with van der Waals surface area (Å²) in [5.41, 5.74) is 3.38. The van der Waals surface area contributed by atoms with Crippen molar-refractivity contribution in [3.8, 4) is 0 Å². The van der Waals surface area contributed by atoms with Gasteiger partial charge in [0.1, 0.15) is 5.01 Å². The molecule has 0 aliphatic carbocycles. The van der Waals surface area contributed by atoms with Crippen molar-refractivity contribution in [3.05, 3.63) is 33.0 Å². The molecule has 1 atom stereocenters. The van der Waals surface area contributed by atoms with Gasteiger partial charge in [0.2, 0.25) is 0 Å². The number of guanidine groups is 1. The van der Waals surface area contributed by atoms with Crippen LogP contribution in [0.2, 0.25) is 0 Å². The van der Waals surface area contributed by atoms with Crippen molar-refractivity contribution < 1.29 is 0 Å². The molecule has 0 aliphatic heterocycles. The summed E-state index contributed by atoms with van der Waals surface area (Å²) in [5.74, 6) is 1.26. The van der Waals surface area contributed by atoms with Gasteiger partial charge in [-0.1, -0.05) is 6.92 Å². The molecular weight excluding hydrogens is 320 g/mol. The molecule has 2 rings (SSSR count). The molecule has 0 spiro atoms. The highest BCUT2D eigenvalue weighted by atomic mass is 32.1. The minimum absolute atomic E-state index is 0.450. The van der Waals surface area contributed by atoms with Crippen LogP contribution >= 0.6 is 11.3 Å². The van der Waals surface area contributed by atoms with Crippen LogP contribution in [0.15, 0.2) is 11.1 Å². The van der Waals surface area contributed by atoms with E-state index >= 15 is 0 Å². The molecule has 2 heterocycles. The van der Waals surface area contributed by atoms with Gasteiger partial charge in [0.05, 0.1) is 17.9 Å². The van der Waals surface area contributed by atoms with Crippen LogP contribution in [-0.4, -0.2) is 34.3 Å². The molecule has 7 heteroatoms. The Labute approximate surface area is 148 Å². The SMILES string of the molecule is CN=C(NCc1nc(C)c(C)s1)NCC(C)Cn1nc(C)cc1C. The number of hydrogen-bond acceptors (Lipinski definition) is 4. The van der Waals surface area contributed by atoms with E-state index in [0.717, 1.165) is 35.4 Å². The molecule has 0 radical (unpaired) electrons. The Morgan fingerprint density at radius 3 is 2.58 bits per heavy atom. The summed E-state index contributed by atoms with van der Waals surface area (Å²) in [6.07, 6.45) is 0. The van der Waals surface area contributed by atoms with E-state index in [1.54, 1.807) is 18.4 Å². The van der Waals surface area contributed by atoms with Crippen LogP contribution in [0.5, 0.6) is 0 Å². The van der Waals surface area contributed by atoms with Crippen LogP contribution in [0.1, 0.15) is 33.9 Å². The van der Waals surface area contributed by atoms with Crippen molar-refractivity contribution in [2.75, 3.05) is 13.6 Å². The molecule has 2 aromatic rings. The van der Waals surface area contributed by atoms with Gasteiger partial charge in [0, 0.05) is 30.7 Å². The summed E-state index contributed by atoms with van der Waals surface area (Å²) in [7, 11) is 1.79. The van der Waals surface area contributed by atoms with Crippen LogP contribution in [0, 0.1) is 33.6 Å². The van der Waals surface area contributed by atoms with Crippen LogP contribution in [0.3, 0.4) is 0 Å². The minimum atomic E-state index is 0.450. The average molecular weight is 349 g/mol. The van der Waals surface area contributed by atoms with Crippen LogP contribution in [-0.2, 0) is 13.1 Å². The molecule has 0 aliphatic rings. The number of aliphatic imine (C=N–C) groups is 1. The van der Waals surface area contributed by atoms with Crippen molar-refractivity contribution in [2.45, 2.75) is 47.7 Å². The zero-order valence-corrected chi connectivity index (χ0v) is 16.3. The van der Waals surface area contributed by atoms with Crippen molar-refractivity contribution in [1.82, 2.24) is 25.4 Å². The fourth-order valence-corrected chi connectivity index (χ4v) is 3.36.